The first-order valence-corrected chi connectivity index (χ1v) is 8.27. The first-order chi connectivity index (χ1) is 11.3. The predicted molar refractivity (Wildman–Crippen MR) is 98.9 cm³/mol. The number of rotatable bonds is 7. The van der Waals surface area contributed by atoms with Crippen LogP contribution >= 0.6 is 12.4 Å². The lowest BCUT2D eigenvalue weighted by molar-refractivity contribution is -0.170. The molecule has 1 aliphatic rings. The monoisotopic (exact) mass is 372 g/mol. The van der Waals surface area contributed by atoms with E-state index in [4.69, 9.17) is 15.2 Å². The van der Waals surface area contributed by atoms with Gasteiger partial charge in [-0.15, -0.1) is 12.4 Å². The van der Waals surface area contributed by atoms with Crippen molar-refractivity contribution in [2.24, 2.45) is 11.1 Å². The molecule has 0 aliphatic heterocycles. The highest BCUT2D eigenvalue weighted by Crippen LogP contribution is 2.49. The Balaban J connectivity index is 0.00000312. The standard InChI is InChI=1S/C18H28N2O4.ClH/c1-5-24-15-10-18(19,17(15,2)3)16(22)20-11-14(21)12-7-6-8-13(9-12)23-4;/h6-9,14-15,21H,5,10-11,19H2,1-4H3,(H,20,22);1H. The number of hydrogen-bond acceptors (Lipinski definition) is 5. The van der Waals surface area contributed by atoms with Gasteiger partial charge < -0.3 is 25.6 Å². The summed E-state index contributed by atoms with van der Waals surface area (Å²) in [5.41, 5.74) is 5.57. The first kappa shape index (κ1) is 21.7. The maximum absolute atomic E-state index is 12.5. The molecule has 6 nitrogen and oxygen atoms in total. The second-order valence-corrected chi connectivity index (χ2v) is 6.84. The van der Waals surface area contributed by atoms with Crippen LogP contribution in [0.1, 0.15) is 38.9 Å². The average Bonchev–Trinajstić information content (AvgIpc) is 2.58. The maximum Gasteiger partial charge on any atom is 0.240 e. The zero-order chi connectivity index (χ0) is 18.0. The molecule has 0 bridgehead atoms. The van der Waals surface area contributed by atoms with E-state index in [9.17, 15) is 9.90 Å². The van der Waals surface area contributed by atoms with Crippen LogP contribution in [0.2, 0.25) is 0 Å². The fraction of sp³-hybridized carbons (Fsp3) is 0.611. The fourth-order valence-electron chi connectivity index (χ4n) is 3.13. The summed E-state index contributed by atoms with van der Waals surface area (Å²) in [6.45, 7) is 6.50. The third-order valence-corrected chi connectivity index (χ3v) is 5.17. The molecule has 0 aromatic heterocycles. The van der Waals surface area contributed by atoms with Gasteiger partial charge in [-0.3, -0.25) is 4.79 Å². The second kappa shape index (κ2) is 8.36. The average molecular weight is 373 g/mol. The zero-order valence-corrected chi connectivity index (χ0v) is 16.1. The van der Waals surface area contributed by atoms with Gasteiger partial charge in [-0.2, -0.15) is 0 Å². The van der Waals surface area contributed by atoms with E-state index in [1.165, 1.54) is 0 Å². The smallest absolute Gasteiger partial charge is 0.240 e. The Hall–Kier alpha value is -1.34. The summed E-state index contributed by atoms with van der Waals surface area (Å²) < 4.78 is 10.8. The van der Waals surface area contributed by atoms with Crippen molar-refractivity contribution in [3.63, 3.8) is 0 Å². The molecule has 0 radical (unpaired) electrons. The van der Waals surface area contributed by atoms with Gasteiger partial charge in [0.05, 0.1) is 19.3 Å². The highest BCUT2D eigenvalue weighted by molar-refractivity contribution is 5.88. The third-order valence-electron chi connectivity index (χ3n) is 5.17. The van der Waals surface area contributed by atoms with Gasteiger partial charge in [-0.25, -0.2) is 0 Å². The van der Waals surface area contributed by atoms with Crippen LogP contribution < -0.4 is 15.8 Å². The number of aliphatic hydroxyl groups excluding tert-OH is 1. The van der Waals surface area contributed by atoms with Crippen LogP contribution in [0, 0.1) is 5.41 Å². The summed E-state index contributed by atoms with van der Waals surface area (Å²) in [7, 11) is 1.57. The molecule has 4 N–H and O–H groups in total. The van der Waals surface area contributed by atoms with Crippen LogP contribution in [0.4, 0.5) is 0 Å². The minimum absolute atomic E-state index is 0. The van der Waals surface area contributed by atoms with Crippen molar-refractivity contribution in [2.75, 3.05) is 20.3 Å². The number of nitrogens with two attached hydrogens (primary N) is 1. The van der Waals surface area contributed by atoms with Crippen molar-refractivity contribution in [1.29, 1.82) is 0 Å². The molecule has 3 unspecified atom stereocenters. The molecule has 3 atom stereocenters. The maximum atomic E-state index is 12.5. The quantitative estimate of drug-likeness (QED) is 0.678. The number of amides is 1. The molecule has 0 saturated heterocycles. The number of carbonyl (C=O) groups is 1. The minimum atomic E-state index is -0.985. The van der Waals surface area contributed by atoms with Gasteiger partial charge in [-0.1, -0.05) is 26.0 Å². The van der Waals surface area contributed by atoms with Gasteiger partial charge in [0.25, 0.3) is 0 Å². The predicted octanol–water partition coefficient (Wildman–Crippen LogP) is 1.80. The molecule has 0 spiro atoms. The van der Waals surface area contributed by atoms with Crippen LogP contribution in [-0.4, -0.2) is 42.9 Å². The van der Waals surface area contributed by atoms with E-state index in [-0.39, 0.29) is 31.0 Å². The van der Waals surface area contributed by atoms with Crippen molar-refractivity contribution in [1.82, 2.24) is 5.32 Å². The third kappa shape index (κ3) is 4.08. The summed E-state index contributed by atoms with van der Waals surface area (Å²) in [6.07, 6.45) is -0.366. The Labute approximate surface area is 155 Å². The van der Waals surface area contributed by atoms with Crippen molar-refractivity contribution >= 4 is 18.3 Å². The normalized spacial score (nSPS) is 25.3. The number of nitrogens with one attached hydrogen (secondary N) is 1. The summed E-state index contributed by atoms with van der Waals surface area (Å²) in [5.74, 6) is 0.401. The Bertz CT molecular complexity index is 596. The number of hydrogen-bond donors (Lipinski definition) is 3. The van der Waals surface area contributed by atoms with Gasteiger partial charge in [-0.05, 0) is 24.6 Å². The molecule has 1 fully saturated rings. The number of methoxy groups -OCH3 is 1. The van der Waals surface area contributed by atoms with Crippen LogP contribution in [-0.2, 0) is 9.53 Å². The Morgan fingerprint density at radius 1 is 1.48 bits per heavy atom. The largest absolute Gasteiger partial charge is 0.497 e. The molecule has 2 rings (SSSR count). The molecular weight excluding hydrogens is 344 g/mol. The second-order valence-electron chi connectivity index (χ2n) is 6.84. The lowest BCUT2D eigenvalue weighted by atomic mass is 9.54. The molecule has 7 heteroatoms. The summed E-state index contributed by atoms with van der Waals surface area (Å²) in [4.78, 5) is 12.5. The van der Waals surface area contributed by atoms with Crippen LogP contribution in [0.5, 0.6) is 5.75 Å². The van der Waals surface area contributed by atoms with Gasteiger partial charge in [0.15, 0.2) is 0 Å². The number of ether oxygens (including phenoxy) is 2. The van der Waals surface area contributed by atoms with Gasteiger partial charge >= 0.3 is 0 Å². The molecule has 1 aromatic rings. The van der Waals surface area contributed by atoms with E-state index in [1.54, 1.807) is 31.4 Å². The lowest BCUT2D eigenvalue weighted by Crippen LogP contribution is -2.75. The van der Waals surface area contributed by atoms with Crippen LogP contribution in [0.15, 0.2) is 24.3 Å². The summed E-state index contributed by atoms with van der Waals surface area (Å²) >= 11 is 0. The minimum Gasteiger partial charge on any atom is -0.497 e. The number of benzene rings is 1. The van der Waals surface area contributed by atoms with Crippen molar-refractivity contribution in [2.45, 2.75) is 44.9 Å². The van der Waals surface area contributed by atoms with E-state index in [2.05, 4.69) is 5.32 Å². The molecular formula is C18H29ClN2O4. The molecule has 0 heterocycles. The Morgan fingerprint density at radius 3 is 2.72 bits per heavy atom. The van der Waals surface area contributed by atoms with E-state index < -0.39 is 17.1 Å². The molecule has 1 amide bonds. The molecule has 1 aliphatic carbocycles. The zero-order valence-electron chi connectivity index (χ0n) is 15.2. The highest BCUT2D eigenvalue weighted by atomic mass is 35.5. The lowest BCUT2D eigenvalue weighted by Gasteiger charge is -2.57. The Kier molecular flexibility index (Phi) is 7.26. The Morgan fingerprint density at radius 2 is 2.16 bits per heavy atom. The van der Waals surface area contributed by atoms with Crippen molar-refractivity contribution < 1.29 is 19.4 Å². The fourth-order valence-corrected chi connectivity index (χ4v) is 3.13. The molecule has 1 saturated carbocycles. The topological polar surface area (TPSA) is 93.8 Å². The molecule has 142 valence electrons. The molecule has 25 heavy (non-hydrogen) atoms. The van der Waals surface area contributed by atoms with Crippen LogP contribution in [0.3, 0.4) is 0 Å². The van der Waals surface area contributed by atoms with Gasteiger partial charge in [0.1, 0.15) is 11.3 Å². The summed E-state index contributed by atoms with van der Waals surface area (Å²) in [6, 6.07) is 7.13. The molecule has 1 aromatic carbocycles. The SMILES string of the molecule is CCOC1CC(N)(C(=O)NCC(O)c2cccc(OC)c2)C1(C)C.Cl. The van der Waals surface area contributed by atoms with Crippen molar-refractivity contribution in [3.8, 4) is 5.75 Å². The van der Waals surface area contributed by atoms with Crippen molar-refractivity contribution in [3.05, 3.63) is 29.8 Å². The number of halogens is 1. The highest BCUT2D eigenvalue weighted by Gasteiger charge is 2.62. The van der Waals surface area contributed by atoms with Gasteiger partial charge in [0, 0.05) is 25.0 Å². The van der Waals surface area contributed by atoms with E-state index in [0.717, 1.165) is 0 Å². The van der Waals surface area contributed by atoms with E-state index in [1.807, 2.05) is 20.8 Å². The van der Waals surface area contributed by atoms with Gasteiger partial charge in [0.2, 0.25) is 5.91 Å². The van der Waals surface area contributed by atoms with E-state index >= 15 is 0 Å². The van der Waals surface area contributed by atoms with Crippen LogP contribution in [0.25, 0.3) is 0 Å². The summed E-state index contributed by atoms with van der Waals surface area (Å²) in [5, 5.41) is 13.0. The number of aliphatic hydroxyl groups is 1. The number of carbonyl (C=O) groups excluding carboxylic acids is 1. The van der Waals surface area contributed by atoms with E-state index in [0.29, 0.717) is 24.3 Å². The first-order valence-electron chi connectivity index (χ1n) is 8.27.